The number of rotatable bonds is 6. The molecule has 138 valence electrons. The van der Waals surface area contributed by atoms with E-state index >= 15 is 0 Å². The highest BCUT2D eigenvalue weighted by Crippen LogP contribution is 2.23. The molecule has 0 bridgehead atoms. The smallest absolute Gasteiger partial charge is 0.258 e. The number of thiazole rings is 1. The van der Waals surface area contributed by atoms with Gasteiger partial charge < -0.3 is 9.26 Å². The Balaban J connectivity index is 1.42. The number of aromatic nitrogens is 4. The summed E-state index contributed by atoms with van der Waals surface area (Å²) in [6, 6.07) is 9.08. The van der Waals surface area contributed by atoms with Crippen LogP contribution in [0.15, 0.2) is 45.0 Å². The molecule has 9 heteroatoms. The minimum absolute atomic E-state index is 0.0487. The molecule has 0 saturated heterocycles. The van der Waals surface area contributed by atoms with Gasteiger partial charge in [0.15, 0.2) is 4.96 Å². The second-order valence-corrected chi connectivity index (χ2v) is 7.64. The molecule has 0 saturated carbocycles. The van der Waals surface area contributed by atoms with E-state index in [4.69, 9.17) is 9.26 Å². The summed E-state index contributed by atoms with van der Waals surface area (Å²) >= 11 is 3.04. The van der Waals surface area contributed by atoms with Crippen molar-refractivity contribution < 1.29 is 9.26 Å². The van der Waals surface area contributed by atoms with Gasteiger partial charge in [0.05, 0.1) is 18.6 Å². The Labute approximate surface area is 163 Å². The number of thioether (sulfide) groups is 1. The largest absolute Gasteiger partial charge is 0.497 e. The molecule has 0 amide bonds. The van der Waals surface area contributed by atoms with Crippen molar-refractivity contribution in [2.24, 2.45) is 0 Å². The second-order valence-electron chi connectivity index (χ2n) is 5.82. The van der Waals surface area contributed by atoms with Gasteiger partial charge in [0.1, 0.15) is 5.75 Å². The summed E-state index contributed by atoms with van der Waals surface area (Å²) in [5, 5.41) is 5.95. The third kappa shape index (κ3) is 3.74. The fourth-order valence-electron chi connectivity index (χ4n) is 2.61. The molecule has 0 unspecified atom stereocenters. The van der Waals surface area contributed by atoms with Gasteiger partial charge in [0.25, 0.3) is 5.56 Å². The summed E-state index contributed by atoms with van der Waals surface area (Å²) in [6.07, 6.45) is 0. The third-order valence-corrected chi connectivity index (χ3v) is 5.79. The number of fused-ring (bicyclic) bond motifs is 1. The summed E-state index contributed by atoms with van der Waals surface area (Å²) < 4.78 is 12.2. The van der Waals surface area contributed by atoms with Crippen molar-refractivity contribution in [2.75, 3.05) is 7.11 Å². The van der Waals surface area contributed by atoms with Crippen LogP contribution in [0.1, 0.15) is 17.3 Å². The van der Waals surface area contributed by atoms with Crippen molar-refractivity contribution in [3.63, 3.8) is 0 Å². The van der Waals surface area contributed by atoms with Gasteiger partial charge in [-0.3, -0.25) is 9.20 Å². The Kier molecular flexibility index (Phi) is 4.95. The van der Waals surface area contributed by atoms with Gasteiger partial charge in [-0.1, -0.05) is 17.3 Å². The van der Waals surface area contributed by atoms with Crippen molar-refractivity contribution in [1.82, 2.24) is 19.5 Å². The Morgan fingerprint density at radius 2 is 2.15 bits per heavy atom. The van der Waals surface area contributed by atoms with Gasteiger partial charge in [0, 0.05) is 28.5 Å². The molecule has 3 aromatic heterocycles. The molecule has 0 aliphatic rings. The first-order valence-corrected chi connectivity index (χ1v) is 10.2. The van der Waals surface area contributed by atoms with Crippen molar-refractivity contribution in [1.29, 1.82) is 0 Å². The normalized spacial score (nSPS) is 11.2. The van der Waals surface area contributed by atoms with Crippen molar-refractivity contribution in [2.45, 2.75) is 18.4 Å². The lowest BCUT2D eigenvalue weighted by molar-refractivity contribution is 0.391. The third-order valence-electron chi connectivity index (χ3n) is 3.90. The Bertz CT molecular complexity index is 1150. The van der Waals surface area contributed by atoms with Crippen molar-refractivity contribution in [3.8, 4) is 17.1 Å². The SMILES string of the molecule is COc1cccc(-c2noc(CSCc3cc(=O)n4c(C)csc4n3)n2)c1. The van der Waals surface area contributed by atoms with E-state index in [0.29, 0.717) is 28.2 Å². The number of aryl methyl sites for hydroxylation is 1. The van der Waals surface area contributed by atoms with Crippen molar-refractivity contribution >= 4 is 28.1 Å². The van der Waals surface area contributed by atoms with Gasteiger partial charge in [-0.15, -0.1) is 23.1 Å². The molecule has 4 aromatic rings. The molecule has 0 atom stereocenters. The average Bonchev–Trinajstić information content (AvgIpc) is 3.29. The van der Waals surface area contributed by atoms with Gasteiger partial charge in [0.2, 0.25) is 11.7 Å². The lowest BCUT2D eigenvalue weighted by Crippen LogP contribution is -2.14. The molecule has 0 aliphatic carbocycles. The fourth-order valence-corrected chi connectivity index (χ4v) is 4.25. The zero-order valence-corrected chi connectivity index (χ0v) is 16.3. The standard InChI is InChI=1S/C18H16N4O3S2/c1-11-8-27-18-19-13(7-16(23)22(11)18)9-26-10-15-20-17(21-25-15)12-4-3-5-14(6-12)24-2/h3-8H,9-10H2,1-2H3. The van der Waals surface area contributed by atoms with E-state index in [1.807, 2.05) is 36.6 Å². The lowest BCUT2D eigenvalue weighted by Gasteiger charge is -2.01. The maximum atomic E-state index is 12.2. The number of nitrogens with zero attached hydrogens (tertiary/aromatic N) is 4. The summed E-state index contributed by atoms with van der Waals surface area (Å²) in [7, 11) is 1.62. The van der Waals surface area contributed by atoms with E-state index in [-0.39, 0.29) is 5.56 Å². The van der Waals surface area contributed by atoms with Crippen LogP contribution in [0.2, 0.25) is 0 Å². The molecule has 7 nitrogen and oxygen atoms in total. The number of ether oxygens (including phenoxy) is 1. The van der Waals surface area contributed by atoms with E-state index in [1.54, 1.807) is 29.3 Å². The van der Waals surface area contributed by atoms with Gasteiger partial charge in [-0.2, -0.15) is 4.98 Å². The van der Waals surface area contributed by atoms with Crippen molar-refractivity contribution in [3.05, 3.63) is 63.3 Å². The zero-order chi connectivity index (χ0) is 18.8. The first-order chi connectivity index (χ1) is 13.1. The molecule has 1 aromatic carbocycles. The summed E-state index contributed by atoms with van der Waals surface area (Å²) in [5.41, 5.74) is 2.44. The minimum atomic E-state index is -0.0487. The number of hydrogen-bond acceptors (Lipinski definition) is 8. The predicted octanol–water partition coefficient (Wildman–Crippen LogP) is 3.56. The topological polar surface area (TPSA) is 82.5 Å². The number of hydrogen-bond donors (Lipinski definition) is 0. The molecule has 4 rings (SSSR count). The van der Waals surface area contributed by atoms with Crippen LogP contribution in [0.4, 0.5) is 0 Å². The number of benzene rings is 1. The molecule has 3 heterocycles. The highest BCUT2D eigenvalue weighted by atomic mass is 32.2. The monoisotopic (exact) mass is 400 g/mol. The average molecular weight is 400 g/mol. The van der Waals surface area contributed by atoms with Crippen LogP contribution >= 0.6 is 23.1 Å². The Morgan fingerprint density at radius 3 is 3.00 bits per heavy atom. The van der Waals surface area contributed by atoms with E-state index in [2.05, 4.69) is 15.1 Å². The van der Waals surface area contributed by atoms with Crippen LogP contribution in [0.25, 0.3) is 16.3 Å². The van der Waals surface area contributed by atoms with E-state index < -0.39 is 0 Å². The van der Waals surface area contributed by atoms with Crippen LogP contribution in [-0.2, 0) is 11.5 Å². The molecule has 0 radical (unpaired) electrons. The highest BCUT2D eigenvalue weighted by molar-refractivity contribution is 7.97. The van der Waals surface area contributed by atoms with Gasteiger partial charge in [-0.25, -0.2) is 4.98 Å². The zero-order valence-electron chi connectivity index (χ0n) is 14.7. The van der Waals surface area contributed by atoms with Crippen LogP contribution in [0, 0.1) is 6.92 Å². The predicted molar refractivity (Wildman–Crippen MR) is 105 cm³/mol. The maximum absolute atomic E-state index is 12.2. The molecular weight excluding hydrogens is 384 g/mol. The lowest BCUT2D eigenvalue weighted by atomic mass is 10.2. The first-order valence-electron chi connectivity index (χ1n) is 8.15. The van der Waals surface area contributed by atoms with Crippen LogP contribution < -0.4 is 10.3 Å². The minimum Gasteiger partial charge on any atom is -0.497 e. The summed E-state index contributed by atoms with van der Waals surface area (Å²) in [5.74, 6) is 2.94. The van der Waals surface area contributed by atoms with Gasteiger partial charge in [-0.05, 0) is 19.1 Å². The molecule has 0 aliphatic heterocycles. The summed E-state index contributed by atoms with van der Waals surface area (Å²) in [6.45, 7) is 1.90. The molecule has 27 heavy (non-hydrogen) atoms. The fraction of sp³-hybridized carbons (Fsp3) is 0.222. The maximum Gasteiger partial charge on any atom is 0.258 e. The van der Waals surface area contributed by atoms with E-state index in [0.717, 1.165) is 22.7 Å². The Morgan fingerprint density at radius 1 is 1.26 bits per heavy atom. The Hall–Kier alpha value is -2.65. The molecule has 0 N–H and O–H groups in total. The molecule has 0 spiro atoms. The molecule has 0 fully saturated rings. The molecular formula is C18H16N4O3S2. The highest BCUT2D eigenvalue weighted by Gasteiger charge is 2.11. The quantitative estimate of drug-likeness (QED) is 0.489. The van der Waals surface area contributed by atoms with E-state index in [1.165, 1.54) is 11.3 Å². The summed E-state index contributed by atoms with van der Waals surface area (Å²) in [4.78, 5) is 21.9. The second kappa shape index (κ2) is 7.53. The van der Waals surface area contributed by atoms with Crippen LogP contribution in [-0.4, -0.2) is 26.6 Å². The first kappa shape index (κ1) is 17.7. The van der Waals surface area contributed by atoms with Crippen LogP contribution in [0.3, 0.4) is 0 Å². The van der Waals surface area contributed by atoms with E-state index in [9.17, 15) is 4.79 Å². The van der Waals surface area contributed by atoms with Gasteiger partial charge >= 0.3 is 0 Å². The van der Waals surface area contributed by atoms with Crippen LogP contribution in [0.5, 0.6) is 5.75 Å². The number of methoxy groups -OCH3 is 1.